The number of alkyl halides is 3. The zero-order valence-corrected chi connectivity index (χ0v) is 13.6. The van der Waals surface area contributed by atoms with Crippen LogP contribution in [0.1, 0.15) is 29.8 Å². The number of rotatable bonds is 3. The van der Waals surface area contributed by atoms with Crippen molar-refractivity contribution >= 4 is 0 Å². The van der Waals surface area contributed by atoms with Gasteiger partial charge in [0.05, 0.1) is 42.6 Å². The minimum Gasteiger partial charge on any atom is -0.378 e. The molecule has 136 valence electrons. The maximum atomic E-state index is 13.2. The largest absolute Gasteiger partial charge is 0.417 e. The third-order valence-corrected chi connectivity index (χ3v) is 4.92. The predicted molar refractivity (Wildman–Crippen MR) is 82.0 cm³/mol. The second kappa shape index (κ2) is 6.34. The van der Waals surface area contributed by atoms with Gasteiger partial charge in [-0.2, -0.15) is 23.1 Å². The summed E-state index contributed by atoms with van der Waals surface area (Å²) in [4.78, 5) is 2.25. The number of nitrogens with zero attached hydrogens (tertiary/aromatic N) is 6. The molecule has 2 atom stereocenters. The predicted octanol–water partition coefficient (Wildman–Crippen LogP) is 1.92. The Balaban J connectivity index is 1.66. The molecule has 0 amide bonds. The van der Waals surface area contributed by atoms with Crippen molar-refractivity contribution in [1.82, 2.24) is 25.1 Å². The third kappa shape index (κ3) is 2.93. The molecule has 2 saturated heterocycles. The second-order valence-corrected chi connectivity index (χ2v) is 6.44. The van der Waals surface area contributed by atoms with Gasteiger partial charge in [-0.1, -0.05) is 0 Å². The molecule has 0 saturated carbocycles. The Bertz CT molecular complexity index is 842. The van der Waals surface area contributed by atoms with E-state index in [9.17, 15) is 13.2 Å². The lowest BCUT2D eigenvalue weighted by molar-refractivity contribution is -0.137. The molecule has 1 aromatic carbocycles. The summed E-state index contributed by atoms with van der Waals surface area (Å²) in [5.41, 5.74) is -1.25. The van der Waals surface area contributed by atoms with E-state index in [2.05, 4.69) is 20.4 Å². The Morgan fingerprint density at radius 1 is 1.23 bits per heavy atom. The molecular formula is C16H15F3N6O. The van der Waals surface area contributed by atoms with Crippen LogP contribution in [-0.4, -0.2) is 50.4 Å². The fraction of sp³-hybridized carbons (Fsp3) is 0.500. The van der Waals surface area contributed by atoms with Crippen molar-refractivity contribution < 1.29 is 17.9 Å². The molecule has 2 aliphatic rings. The molecule has 2 bridgehead atoms. The maximum Gasteiger partial charge on any atom is 0.417 e. The van der Waals surface area contributed by atoms with Crippen LogP contribution in [0.2, 0.25) is 0 Å². The minimum absolute atomic E-state index is 0.178. The molecule has 0 radical (unpaired) electrons. The lowest BCUT2D eigenvalue weighted by atomic mass is 10.1. The van der Waals surface area contributed by atoms with Crippen LogP contribution in [0.5, 0.6) is 0 Å². The Morgan fingerprint density at radius 3 is 2.62 bits per heavy atom. The van der Waals surface area contributed by atoms with Crippen molar-refractivity contribution in [3.8, 4) is 11.8 Å². The molecule has 3 heterocycles. The van der Waals surface area contributed by atoms with E-state index in [0.717, 1.165) is 25.0 Å². The van der Waals surface area contributed by atoms with Gasteiger partial charge < -0.3 is 4.74 Å². The highest BCUT2D eigenvalue weighted by Crippen LogP contribution is 2.34. The molecular weight excluding hydrogens is 349 g/mol. The number of nitriles is 1. The Morgan fingerprint density at radius 2 is 1.96 bits per heavy atom. The molecule has 26 heavy (non-hydrogen) atoms. The van der Waals surface area contributed by atoms with Gasteiger partial charge in [0.25, 0.3) is 0 Å². The summed E-state index contributed by atoms with van der Waals surface area (Å²) >= 11 is 0. The summed E-state index contributed by atoms with van der Waals surface area (Å²) < 4.78 is 46.5. The average molecular weight is 364 g/mol. The molecule has 2 aliphatic heterocycles. The topological polar surface area (TPSA) is 79.9 Å². The number of morpholine rings is 1. The number of hydrogen-bond donors (Lipinski definition) is 0. The van der Waals surface area contributed by atoms with E-state index < -0.39 is 17.3 Å². The maximum absolute atomic E-state index is 13.2. The molecule has 7 nitrogen and oxygen atoms in total. The SMILES string of the molecule is N#Cc1ccc(-n2nnnc2CN2C3CCC2COC3)cc1C(F)(F)F. The summed E-state index contributed by atoms with van der Waals surface area (Å²) in [7, 11) is 0. The quantitative estimate of drug-likeness (QED) is 0.828. The smallest absolute Gasteiger partial charge is 0.378 e. The van der Waals surface area contributed by atoms with Crippen LogP contribution in [0.3, 0.4) is 0 Å². The first-order chi connectivity index (χ1) is 12.5. The molecule has 0 spiro atoms. The van der Waals surface area contributed by atoms with Crippen LogP contribution in [0.4, 0.5) is 13.2 Å². The van der Waals surface area contributed by atoms with Crippen LogP contribution in [0.15, 0.2) is 18.2 Å². The van der Waals surface area contributed by atoms with E-state index in [4.69, 9.17) is 10.00 Å². The van der Waals surface area contributed by atoms with Gasteiger partial charge >= 0.3 is 6.18 Å². The summed E-state index contributed by atoms with van der Waals surface area (Å²) in [6, 6.07) is 5.61. The van der Waals surface area contributed by atoms with E-state index in [1.807, 2.05) is 0 Å². The number of halogens is 3. The number of tetrazole rings is 1. The molecule has 4 rings (SSSR count). The average Bonchev–Trinajstić information content (AvgIpc) is 3.15. The lowest BCUT2D eigenvalue weighted by Crippen LogP contribution is -2.45. The summed E-state index contributed by atoms with van der Waals surface area (Å²) in [5, 5.41) is 20.4. The summed E-state index contributed by atoms with van der Waals surface area (Å²) in [6.45, 7) is 1.73. The van der Waals surface area contributed by atoms with Gasteiger partial charge in [0.15, 0.2) is 5.82 Å². The monoisotopic (exact) mass is 364 g/mol. The normalized spacial score (nSPS) is 23.2. The number of hydrogen-bond acceptors (Lipinski definition) is 6. The number of benzene rings is 1. The highest BCUT2D eigenvalue weighted by Gasteiger charge is 2.38. The first kappa shape index (κ1) is 16.9. The first-order valence-electron chi connectivity index (χ1n) is 8.20. The fourth-order valence-electron chi connectivity index (χ4n) is 3.64. The van der Waals surface area contributed by atoms with Crippen LogP contribution in [0.25, 0.3) is 5.69 Å². The first-order valence-corrected chi connectivity index (χ1v) is 8.20. The number of ether oxygens (including phenoxy) is 1. The minimum atomic E-state index is -4.63. The van der Waals surface area contributed by atoms with Gasteiger partial charge in [-0.3, -0.25) is 4.90 Å². The van der Waals surface area contributed by atoms with Gasteiger partial charge in [-0.05, 0) is 41.5 Å². The molecule has 1 aromatic heterocycles. The zero-order chi connectivity index (χ0) is 18.3. The van der Waals surface area contributed by atoms with Crippen molar-refractivity contribution in [3.63, 3.8) is 0 Å². The van der Waals surface area contributed by atoms with Gasteiger partial charge in [-0.15, -0.1) is 5.10 Å². The van der Waals surface area contributed by atoms with Crippen LogP contribution < -0.4 is 0 Å². The highest BCUT2D eigenvalue weighted by molar-refractivity contribution is 5.47. The summed E-state index contributed by atoms with van der Waals surface area (Å²) in [6.07, 6.45) is -2.57. The second-order valence-electron chi connectivity index (χ2n) is 6.44. The van der Waals surface area contributed by atoms with Gasteiger partial charge in [0.1, 0.15) is 0 Å². The van der Waals surface area contributed by atoms with E-state index in [0.29, 0.717) is 25.6 Å². The Labute approximate surface area is 147 Å². The van der Waals surface area contributed by atoms with E-state index in [-0.39, 0.29) is 17.8 Å². The Hall–Kier alpha value is -2.51. The number of aromatic nitrogens is 4. The van der Waals surface area contributed by atoms with Crippen molar-refractivity contribution in [3.05, 3.63) is 35.2 Å². The number of fused-ring (bicyclic) bond motifs is 2. The van der Waals surface area contributed by atoms with Crippen molar-refractivity contribution in [2.45, 2.75) is 37.6 Å². The molecule has 2 aromatic rings. The summed E-state index contributed by atoms with van der Waals surface area (Å²) in [5.74, 6) is 0.460. The molecule has 2 unspecified atom stereocenters. The van der Waals surface area contributed by atoms with Gasteiger partial charge in [0, 0.05) is 12.1 Å². The zero-order valence-electron chi connectivity index (χ0n) is 13.6. The van der Waals surface area contributed by atoms with Crippen molar-refractivity contribution in [1.29, 1.82) is 5.26 Å². The van der Waals surface area contributed by atoms with Crippen LogP contribution >= 0.6 is 0 Å². The van der Waals surface area contributed by atoms with Crippen LogP contribution in [-0.2, 0) is 17.5 Å². The van der Waals surface area contributed by atoms with E-state index in [1.54, 1.807) is 6.07 Å². The van der Waals surface area contributed by atoms with E-state index >= 15 is 0 Å². The van der Waals surface area contributed by atoms with Gasteiger partial charge in [-0.25, -0.2) is 0 Å². The lowest BCUT2D eigenvalue weighted by Gasteiger charge is -2.33. The molecule has 2 fully saturated rings. The highest BCUT2D eigenvalue weighted by atomic mass is 19.4. The van der Waals surface area contributed by atoms with Crippen LogP contribution in [0, 0.1) is 11.3 Å². The third-order valence-electron chi connectivity index (χ3n) is 4.92. The van der Waals surface area contributed by atoms with Gasteiger partial charge in [0.2, 0.25) is 0 Å². The fourth-order valence-corrected chi connectivity index (χ4v) is 3.64. The molecule has 0 aliphatic carbocycles. The van der Waals surface area contributed by atoms with E-state index in [1.165, 1.54) is 10.7 Å². The standard InChI is InChI=1S/C16H15F3N6O/c17-16(18,19)14-5-11(2-1-10(14)6-20)25-15(21-22-23-25)7-24-12-3-4-13(24)9-26-8-12/h1-2,5,12-13H,3-4,7-9H2. The van der Waals surface area contributed by atoms with Crippen molar-refractivity contribution in [2.75, 3.05) is 13.2 Å². The Kier molecular flexibility index (Phi) is 4.13. The van der Waals surface area contributed by atoms with Crippen molar-refractivity contribution in [2.24, 2.45) is 0 Å². The molecule has 10 heteroatoms. The molecule has 0 N–H and O–H groups in total.